The fourth-order valence-corrected chi connectivity index (χ4v) is 2.12. The topological polar surface area (TPSA) is 58.9 Å². The van der Waals surface area contributed by atoms with Crippen LogP contribution < -0.4 is 0 Å². The van der Waals surface area contributed by atoms with Gasteiger partial charge < -0.3 is 0 Å². The van der Waals surface area contributed by atoms with E-state index in [1.165, 1.54) is 4.68 Å². The molecule has 3 aromatic rings. The van der Waals surface area contributed by atoms with Crippen LogP contribution in [-0.4, -0.2) is 26.1 Å². The Balaban J connectivity index is 2.02. The minimum absolute atomic E-state index is 0.388. The zero-order chi connectivity index (χ0) is 14.7. The second-order valence-corrected chi connectivity index (χ2v) is 4.94. The first kappa shape index (κ1) is 13.7. The summed E-state index contributed by atoms with van der Waals surface area (Å²) in [7, 11) is 0. The van der Waals surface area contributed by atoms with Crippen molar-refractivity contribution in [3.63, 3.8) is 0 Å². The van der Waals surface area contributed by atoms with Crippen molar-refractivity contribution in [2.24, 2.45) is 5.10 Å². The van der Waals surface area contributed by atoms with Crippen molar-refractivity contribution in [3.05, 3.63) is 64.0 Å². The van der Waals surface area contributed by atoms with Crippen LogP contribution in [-0.2, 0) is 0 Å². The van der Waals surface area contributed by atoms with Gasteiger partial charge in [-0.1, -0.05) is 35.9 Å². The molecular weight excluding hydrogens is 306 g/mol. The van der Waals surface area contributed by atoms with Gasteiger partial charge in [-0.25, -0.2) is 5.10 Å². The Kier molecular flexibility index (Phi) is 3.89. The number of aromatic nitrogens is 4. The van der Waals surface area contributed by atoms with Crippen LogP contribution in [0.4, 0.5) is 0 Å². The number of aromatic amines is 1. The molecule has 0 bridgehead atoms. The van der Waals surface area contributed by atoms with E-state index in [-0.39, 0.29) is 0 Å². The van der Waals surface area contributed by atoms with E-state index in [1.54, 1.807) is 18.5 Å². The molecular formula is C14H10ClN5S. The monoisotopic (exact) mass is 315 g/mol. The number of nitrogens with one attached hydrogen (secondary N) is 1. The van der Waals surface area contributed by atoms with Crippen molar-refractivity contribution in [2.75, 3.05) is 0 Å². The summed E-state index contributed by atoms with van der Waals surface area (Å²) in [6.07, 6.45) is 3.33. The van der Waals surface area contributed by atoms with Gasteiger partial charge >= 0.3 is 0 Å². The molecule has 2 heterocycles. The van der Waals surface area contributed by atoms with Gasteiger partial charge in [0.1, 0.15) is 5.69 Å². The Morgan fingerprint density at radius 3 is 2.76 bits per heavy atom. The number of hydrogen-bond acceptors (Lipinski definition) is 4. The van der Waals surface area contributed by atoms with Crippen LogP contribution in [0.1, 0.15) is 5.56 Å². The van der Waals surface area contributed by atoms with Gasteiger partial charge in [-0.3, -0.25) is 4.98 Å². The molecule has 21 heavy (non-hydrogen) atoms. The SMILES string of the molecule is S=c1[nH]nc(-c2ccccn2)n1/N=C/c1ccccc1Cl. The first-order valence-corrected chi connectivity index (χ1v) is 6.92. The molecule has 0 aliphatic rings. The molecule has 0 unspecified atom stereocenters. The summed E-state index contributed by atoms with van der Waals surface area (Å²) in [6, 6.07) is 13.0. The Bertz CT molecular complexity index is 838. The Labute approximate surface area is 130 Å². The van der Waals surface area contributed by atoms with Crippen molar-refractivity contribution < 1.29 is 0 Å². The third kappa shape index (κ3) is 2.91. The summed E-state index contributed by atoms with van der Waals surface area (Å²) >= 11 is 11.3. The maximum Gasteiger partial charge on any atom is 0.216 e. The fraction of sp³-hybridized carbons (Fsp3) is 0. The third-order valence-corrected chi connectivity index (χ3v) is 3.37. The molecule has 5 nitrogen and oxygen atoms in total. The van der Waals surface area contributed by atoms with Gasteiger partial charge in [0.25, 0.3) is 0 Å². The molecule has 2 aromatic heterocycles. The fourth-order valence-electron chi connectivity index (χ4n) is 1.76. The summed E-state index contributed by atoms with van der Waals surface area (Å²) in [5, 5.41) is 11.8. The minimum atomic E-state index is 0.388. The highest BCUT2D eigenvalue weighted by molar-refractivity contribution is 7.71. The Morgan fingerprint density at radius 2 is 2.00 bits per heavy atom. The van der Waals surface area contributed by atoms with E-state index in [0.29, 0.717) is 21.3 Å². The van der Waals surface area contributed by atoms with Gasteiger partial charge in [0.05, 0.1) is 6.21 Å². The van der Waals surface area contributed by atoms with E-state index < -0.39 is 0 Å². The highest BCUT2D eigenvalue weighted by Crippen LogP contribution is 2.15. The van der Waals surface area contributed by atoms with Crippen LogP contribution in [0.2, 0.25) is 5.02 Å². The van der Waals surface area contributed by atoms with E-state index in [1.807, 2.05) is 36.4 Å². The Hall–Kier alpha value is -2.31. The number of rotatable bonds is 3. The molecule has 0 atom stereocenters. The van der Waals surface area contributed by atoms with Crippen LogP contribution in [0.25, 0.3) is 11.5 Å². The number of benzene rings is 1. The lowest BCUT2D eigenvalue weighted by atomic mass is 10.2. The van der Waals surface area contributed by atoms with Crippen molar-refractivity contribution in [3.8, 4) is 11.5 Å². The van der Waals surface area contributed by atoms with Gasteiger partial charge in [0, 0.05) is 16.8 Å². The average molecular weight is 316 g/mol. The predicted octanol–water partition coefficient (Wildman–Crippen LogP) is 3.54. The molecule has 0 aliphatic carbocycles. The van der Waals surface area contributed by atoms with Crippen LogP contribution in [0.15, 0.2) is 53.8 Å². The maximum absolute atomic E-state index is 6.10. The van der Waals surface area contributed by atoms with E-state index in [0.717, 1.165) is 5.56 Å². The molecule has 3 rings (SSSR count). The third-order valence-electron chi connectivity index (χ3n) is 2.76. The zero-order valence-corrected chi connectivity index (χ0v) is 12.3. The molecule has 0 amide bonds. The summed E-state index contributed by atoms with van der Waals surface area (Å²) < 4.78 is 1.90. The predicted molar refractivity (Wildman–Crippen MR) is 85.1 cm³/mol. The van der Waals surface area contributed by atoms with Crippen LogP contribution in [0.5, 0.6) is 0 Å². The lowest BCUT2D eigenvalue weighted by molar-refractivity contribution is 0.867. The van der Waals surface area contributed by atoms with Crippen LogP contribution in [0, 0.1) is 4.77 Å². The van der Waals surface area contributed by atoms with Crippen molar-refractivity contribution in [2.45, 2.75) is 0 Å². The minimum Gasteiger partial charge on any atom is -0.253 e. The van der Waals surface area contributed by atoms with Crippen LogP contribution in [0.3, 0.4) is 0 Å². The summed E-state index contributed by atoms with van der Waals surface area (Å²) in [4.78, 5) is 4.25. The summed E-state index contributed by atoms with van der Waals surface area (Å²) in [5.41, 5.74) is 1.48. The molecule has 1 aromatic carbocycles. The summed E-state index contributed by atoms with van der Waals surface area (Å²) in [6.45, 7) is 0. The highest BCUT2D eigenvalue weighted by atomic mass is 35.5. The molecule has 0 aliphatic heterocycles. The van der Waals surface area contributed by atoms with E-state index in [9.17, 15) is 0 Å². The largest absolute Gasteiger partial charge is 0.253 e. The highest BCUT2D eigenvalue weighted by Gasteiger charge is 2.08. The molecule has 0 saturated heterocycles. The second kappa shape index (κ2) is 5.99. The number of halogens is 1. The second-order valence-electron chi connectivity index (χ2n) is 4.15. The average Bonchev–Trinajstić information content (AvgIpc) is 2.88. The van der Waals surface area contributed by atoms with Gasteiger partial charge in [0.15, 0.2) is 0 Å². The first-order valence-electron chi connectivity index (χ1n) is 6.13. The summed E-state index contributed by atoms with van der Waals surface area (Å²) in [5.74, 6) is 0.545. The van der Waals surface area contributed by atoms with Crippen molar-refractivity contribution in [1.82, 2.24) is 19.9 Å². The number of H-pyrrole nitrogens is 1. The lowest BCUT2D eigenvalue weighted by Gasteiger charge is -2.00. The lowest BCUT2D eigenvalue weighted by Crippen LogP contribution is -1.96. The number of nitrogens with zero attached hydrogens (tertiary/aromatic N) is 4. The molecule has 7 heteroatoms. The van der Waals surface area contributed by atoms with E-state index >= 15 is 0 Å². The standard InChI is InChI=1S/C14H10ClN5S/c15-11-6-2-1-5-10(11)9-17-20-13(18-19-14(20)21)12-7-3-4-8-16-12/h1-9H,(H,19,21)/b17-9+. The first-order chi connectivity index (χ1) is 10.3. The number of pyridine rings is 1. The van der Waals surface area contributed by atoms with Crippen LogP contribution >= 0.6 is 23.8 Å². The molecule has 0 spiro atoms. The molecule has 104 valence electrons. The molecule has 0 radical (unpaired) electrons. The molecule has 0 fully saturated rings. The molecule has 1 N–H and O–H groups in total. The zero-order valence-electron chi connectivity index (χ0n) is 10.8. The van der Waals surface area contributed by atoms with Crippen molar-refractivity contribution >= 4 is 30.0 Å². The normalized spacial score (nSPS) is 11.1. The van der Waals surface area contributed by atoms with Gasteiger partial charge in [0.2, 0.25) is 10.6 Å². The van der Waals surface area contributed by atoms with E-state index in [4.69, 9.17) is 23.8 Å². The van der Waals surface area contributed by atoms with Crippen molar-refractivity contribution in [1.29, 1.82) is 0 Å². The van der Waals surface area contributed by atoms with E-state index in [2.05, 4.69) is 20.3 Å². The quantitative estimate of drug-likeness (QED) is 0.594. The Morgan fingerprint density at radius 1 is 1.19 bits per heavy atom. The molecule has 0 saturated carbocycles. The maximum atomic E-state index is 6.10. The van der Waals surface area contributed by atoms with Gasteiger partial charge in [-0.05, 0) is 30.4 Å². The smallest absolute Gasteiger partial charge is 0.216 e. The number of hydrogen-bond donors (Lipinski definition) is 1. The van der Waals surface area contributed by atoms with Gasteiger partial charge in [-0.15, -0.1) is 0 Å². The van der Waals surface area contributed by atoms with Gasteiger partial charge in [-0.2, -0.15) is 14.9 Å².